The van der Waals surface area contributed by atoms with Crippen LogP contribution < -0.4 is 11.1 Å². The lowest BCUT2D eigenvalue weighted by Crippen LogP contribution is -2.03. The zero-order chi connectivity index (χ0) is 11.5. The minimum atomic E-state index is 0.692. The quantitative estimate of drug-likeness (QED) is 0.855. The smallest absolute Gasteiger partial charge is 0.129 e. The molecule has 0 aromatic carbocycles. The molecule has 3 N–H and O–H groups in total. The van der Waals surface area contributed by atoms with Crippen LogP contribution in [-0.2, 0) is 6.54 Å². The van der Waals surface area contributed by atoms with Crippen molar-refractivity contribution in [2.75, 3.05) is 11.1 Å². The van der Waals surface area contributed by atoms with Gasteiger partial charge in [0.1, 0.15) is 5.82 Å². The van der Waals surface area contributed by atoms with Gasteiger partial charge in [-0.3, -0.25) is 0 Å². The fraction of sp³-hybridized carbons (Fsp3) is 0.273. The molecule has 4 nitrogen and oxygen atoms in total. The number of anilines is 2. The highest BCUT2D eigenvalue weighted by Crippen LogP contribution is 2.17. The molecular weight excluding hydrogens is 220 g/mol. The van der Waals surface area contributed by atoms with Gasteiger partial charge in [-0.25, -0.2) is 9.97 Å². The van der Waals surface area contributed by atoms with Crippen LogP contribution in [0, 0.1) is 13.8 Å². The average Bonchev–Trinajstić information content (AvgIpc) is 2.63. The first-order chi connectivity index (χ1) is 7.66. The molecule has 0 bridgehead atoms. The Morgan fingerprint density at radius 2 is 2.19 bits per heavy atom. The molecule has 84 valence electrons. The number of nitrogens with zero attached hydrogens (tertiary/aromatic N) is 2. The van der Waals surface area contributed by atoms with E-state index >= 15 is 0 Å². The van der Waals surface area contributed by atoms with Crippen LogP contribution in [0.25, 0.3) is 0 Å². The van der Waals surface area contributed by atoms with E-state index in [1.807, 2.05) is 25.4 Å². The Bertz CT molecular complexity index is 492. The molecule has 0 spiro atoms. The van der Waals surface area contributed by atoms with Crippen molar-refractivity contribution in [3.05, 3.63) is 33.9 Å². The summed E-state index contributed by atoms with van der Waals surface area (Å²) in [5.74, 6) is 0.877. The summed E-state index contributed by atoms with van der Waals surface area (Å²) in [6, 6.07) is 1.91. The molecule has 0 saturated heterocycles. The summed E-state index contributed by atoms with van der Waals surface area (Å²) in [6.07, 6.45) is 1.66. The Balaban J connectivity index is 2.08. The molecule has 0 saturated carbocycles. The Hall–Kier alpha value is -1.62. The molecule has 0 aliphatic carbocycles. The molecule has 0 unspecified atom stereocenters. The number of pyridine rings is 1. The fourth-order valence-corrected chi connectivity index (χ4v) is 2.16. The van der Waals surface area contributed by atoms with Crippen molar-refractivity contribution < 1.29 is 0 Å². The number of hydrogen-bond donors (Lipinski definition) is 2. The van der Waals surface area contributed by atoms with Crippen molar-refractivity contribution in [1.82, 2.24) is 9.97 Å². The third-order valence-electron chi connectivity index (χ3n) is 2.36. The first kappa shape index (κ1) is 10.9. The van der Waals surface area contributed by atoms with Crippen molar-refractivity contribution in [2.45, 2.75) is 20.4 Å². The third-order valence-corrected chi connectivity index (χ3v) is 3.30. The molecule has 2 rings (SSSR count). The lowest BCUT2D eigenvalue weighted by Gasteiger charge is -2.08. The number of aryl methyl sites for hydroxylation is 2. The minimum absolute atomic E-state index is 0.692. The van der Waals surface area contributed by atoms with E-state index in [0.29, 0.717) is 5.69 Å². The summed E-state index contributed by atoms with van der Waals surface area (Å²) in [7, 11) is 0. The van der Waals surface area contributed by atoms with Crippen LogP contribution in [0.3, 0.4) is 0 Å². The maximum Gasteiger partial charge on any atom is 0.129 e. The number of hydrogen-bond acceptors (Lipinski definition) is 5. The van der Waals surface area contributed by atoms with Crippen LogP contribution in [0.4, 0.5) is 11.5 Å². The van der Waals surface area contributed by atoms with E-state index in [9.17, 15) is 0 Å². The number of nitrogens with one attached hydrogen (secondary N) is 1. The van der Waals surface area contributed by atoms with E-state index in [4.69, 9.17) is 5.73 Å². The zero-order valence-electron chi connectivity index (χ0n) is 9.32. The van der Waals surface area contributed by atoms with Gasteiger partial charge >= 0.3 is 0 Å². The van der Waals surface area contributed by atoms with Crippen LogP contribution in [-0.4, -0.2) is 9.97 Å². The maximum absolute atomic E-state index is 5.64. The van der Waals surface area contributed by atoms with Gasteiger partial charge in [0.05, 0.1) is 29.6 Å². The summed E-state index contributed by atoms with van der Waals surface area (Å²) in [5, 5.41) is 3.29. The van der Waals surface area contributed by atoms with Crippen molar-refractivity contribution in [3.63, 3.8) is 0 Å². The highest BCUT2D eigenvalue weighted by Gasteiger charge is 2.03. The zero-order valence-corrected chi connectivity index (χ0v) is 10.1. The van der Waals surface area contributed by atoms with Crippen LogP contribution in [0.5, 0.6) is 0 Å². The highest BCUT2D eigenvalue weighted by molar-refractivity contribution is 7.09. The summed E-state index contributed by atoms with van der Waals surface area (Å²) in [6.45, 7) is 4.76. The van der Waals surface area contributed by atoms with E-state index in [1.54, 1.807) is 17.5 Å². The molecule has 0 amide bonds. The lowest BCUT2D eigenvalue weighted by atomic mass is 10.2. The van der Waals surface area contributed by atoms with E-state index in [2.05, 4.69) is 15.3 Å². The fourth-order valence-electron chi connectivity index (χ4n) is 1.44. The van der Waals surface area contributed by atoms with E-state index in [-0.39, 0.29) is 0 Å². The molecule has 2 aromatic rings. The monoisotopic (exact) mass is 234 g/mol. The highest BCUT2D eigenvalue weighted by atomic mass is 32.1. The number of nitrogens with two attached hydrogens (primary N) is 1. The summed E-state index contributed by atoms with van der Waals surface area (Å²) >= 11 is 1.65. The Morgan fingerprint density at radius 3 is 2.81 bits per heavy atom. The van der Waals surface area contributed by atoms with Gasteiger partial charge in [0.2, 0.25) is 0 Å². The number of rotatable bonds is 3. The van der Waals surface area contributed by atoms with E-state index in [0.717, 1.165) is 23.6 Å². The molecule has 2 heterocycles. The van der Waals surface area contributed by atoms with Gasteiger partial charge in [0.15, 0.2) is 0 Å². The number of nitrogen functional groups attached to an aromatic ring is 1. The topological polar surface area (TPSA) is 63.8 Å². The van der Waals surface area contributed by atoms with Crippen LogP contribution in [0.1, 0.15) is 16.1 Å². The van der Waals surface area contributed by atoms with Crippen molar-refractivity contribution in [3.8, 4) is 0 Å². The Labute approximate surface area is 98.6 Å². The van der Waals surface area contributed by atoms with Gasteiger partial charge in [0.25, 0.3) is 0 Å². The summed E-state index contributed by atoms with van der Waals surface area (Å²) in [5.41, 5.74) is 10.3. The predicted octanol–water partition coefficient (Wildman–Crippen LogP) is 2.35. The van der Waals surface area contributed by atoms with Gasteiger partial charge in [-0.2, -0.15) is 0 Å². The summed E-state index contributed by atoms with van der Waals surface area (Å²) < 4.78 is 0. The normalized spacial score (nSPS) is 10.4. The van der Waals surface area contributed by atoms with Gasteiger partial charge in [-0.15, -0.1) is 11.3 Å². The second kappa shape index (κ2) is 4.49. The molecule has 0 aliphatic rings. The second-order valence-electron chi connectivity index (χ2n) is 3.65. The minimum Gasteiger partial charge on any atom is -0.397 e. The van der Waals surface area contributed by atoms with Gasteiger partial charge in [0, 0.05) is 4.88 Å². The first-order valence-corrected chi connectivity index (χ1v) is 5.89. The van der Waals surface area contributed by atoms with E-state index < -0.39 is 0 Å². The van der Waals surface area contributed by atoms with Gasteiger partial charge in [-0.1, -0.05) is 0 Å². The standard InChI is InChI=1S/C11H14N4S/c1-7-3-9(12)4-13-11(7)14-5-10-8(2)15-6-16-10/h3-4,6H,5,12H2,1-2H3,(H,13,14). The molecule has 0 fully saturated rings. The largest absolute Gasteiger partial charge is 0.397 e. The Kier molecular flexibility index (Phi) is 3.05. The molecule has 0 atom stereocenters. The lowest BCUT2D eigenvalue weighted by molar-refractivity contribution is 1.09. The maximum atomic E-state index is 5.64. The van der Waals surface area contributed by atoms with Crippen molar-refractivity contribution in [1.29, 1.82) is 0 Å². The SMILES string of the molecule is Cc1cc(N)cnc1NCc1scnc1C. The van der Waals surface area contributed by atoms with Gasteiger partial charge < -0.3 is 11.1 Å². The van der Waals surface area contributed by atoms with Crippen molar-refractivity contribution in [2.24, 2.45) is 0 Å². The van der Waals surface area contributed by atoms with E-state index in [1.165, 1.54) is 4.88 Å². The van der Waals surface area contributed by atoms with Crippen LogP contribution in [0.2, 0.25) is 0 Å². The average molecular weight is 234 g/mol. The number of thiazole rings is 1. The summed E-state index contributed by atoms with van der Waals surface area (Å²) in [4.78, 5) is 9.69. The molecule has 0 radical (unpaired) electrons. The first-order valence-electron chi connectivity index (χ1n) is 5.02. The third kappa shape index (κ3) is 2.30. The second-order valence-corrected chi connectivity index (χ2v) is 4.59. The molecular formula is C11H14N4S. The molecule has 2 aromatic heterocycles. The predicted molar refractivity (Wildman–Crippen MR) is 67.6 cm³/mol. The van der Waals surface area contributed by atoms with Crippen LogP contribution in [0.15, 0.2) is 17.8 Å². The van der Waals surface area contributed by atoms with Gasteiger partial charge in [-0.05, 0) is 25.5 Å². The Morgan fingerprint density at radius 1 is 1.38 bits per heavy atom. The number of aromatic nitrogens is 2. The van der Waals surface area contributed by atoms with Crippen LogP contribution >= 0.6 is 11.3 Å². The molecule has 5 heteroatoms. The molecule has 16 heavy (non-hydrogen) atoms. The van der Waals surface area contributed by atoms with Crippen molar-refractivity contribution >= 4 is 22.8 Å². The molecule has 0 aliphatic heterocycles.